The van der Waals surface area contributed by atoms with Gasteiger partial charge in [-0.2, -0.15) is 0 Å². The van der Waals surface area contributed by atoms with Crippen LogP contribution in [0.2, 0.25) is 0 Å². The molecule has 11 nitrogen and oxygen atoms in total. The Kier molecular flexibility index (Phi) is 6.69. The highest BCUT2D eigenvalue weighted by Gasteiger charge is 2.22. The highest BCUT2D eigenvalue weighted by molar-refractivity contribution is 5.88. The van der Waals surface area contributed by atoms with Crippen molar-refractivity contribution in [2.24, 2.45) is 7.05 Å². The monoisotopic (exact) mass is 535 g/mol. The van der Waals surface area contributed by atoms with E-state index in [0.717, 1.165) is 59.7 Å². The van der Waals surface area contributed by atoms with Crippen molar-refractivity contribution in [1.29, 1.82) is 0 Å². The number of aryl methyl sites for hydroxylation is 2. The van der Waals surface area contributed by atoms with Gasteiger partial charge in [0, 0.05) is 37.9 Å². The summed E-state index contributed by atoms with van der Waals surface area (Å²) in [6.07, 6.45) is 7.93. The molecule has 202 valence electrons. The maximum Gasteiger partial charge on any atom is 0.243 e. The van der Waals surface area contributed by atoms with Gasteiger partial charge in [-0.3, -0.25) is 4.79 Å². The minimum absolute atomic E-state index is 0.121. The first-order valence-electron chi connectivity index (χ1n) is 13.1. The molecule has 0 aliphatic carbocycles. The molecule has 1 aliphatic rings. The van der Waals surface area contributed by atoms with Gasteiger partial charge >= 0.3 is 0 Å². The SMILES string of the molecule is C=CC(=O)NC1CCN(c2ncc3ncnc(Nc4ccc(Oc5ccc6c(c5)ncn6C)c(C)c4)c3n2)CC1. The molecule has 0 radical (unpaired) electrons. The van der Waals surface area contributed by atoms with Gasteiger partial charge in [-0.15, -0.1) is 0 Å². The molecule has 4 heterocycles. The number of carbonyl (C=O) groups is 1. The summed E-state index contributed by atoms with van der Waals surface area (Å²) < 4.78 is 8.14. The number of carbonyl (C=O) groups excluding carboxylic acids is 1. The average Bonchev–Trinajstić information content (AvgIpc) is 3.34. The first kappa shape index (κ1) is 25.2. The van der Waals surface area contributed by atoms with E-state index >= 15 is 0 Å². The topological polar surface area (TPSA) is 123 Å². The number of hydrogen-bond acceptors (Lipinski definition) is 9. The van der Waals surface area contributed by atoms with Crippen LogP contribution in [0.3, 0.4) is 0 Å². The molecule has 0 atom stereocenters. The van der Waals surface area contributed by atoms with E-state index in [0.29, 0.717) is 22.8 Å². The molecule has 1 saturated heterocycles. The van der Waals surface area contributed by atoms with E-state index in [2.05, 4.69) is 42.0 Å². The fourth-order valence-corrected chi connectivity index (χ4v) is 4.86. The van der Waals surface area contributed by atoms with Crippen molar-refractivity contribution in [3.63, 3.8) is 0 Å². The lowest BCUT2D eigenvalue weighted by atomic mass is 10.1. The van der Waals surface area contributed by atoms with Crippen LogP contribution in [-0.4, -0.2) is 54.5 Å². The van der Waals surface area contributed by atoms with Crippen molar-refractivity contribution in [2.45, 2.75) is 25.8 Å². The van der Waals surface area contributed by atoms with Crippen molar-refractivity contribution in [3.8, 4) is 11.5 Å². The molecule has 1 fully saturated rings. The second-order valence-corrected chi connectivity index (χ2v) is 9.81. The van der Waals surface area contributed by atoms with Gasteiger partial charge < -0.3 is 24.8 Å². The van der Waals surface area contributed by atoms with Crippen LogP contribution >= 0.6 is 0 Å². The Morgan fingerprint density at radius 1 is 1.07 bits per heavy atom. The normalized spacial score (nSPS) is 13.9. The Labute approximate surface area is 231 Å². The zero-order valence-corrected chi connectivity index (χ0v) is 22.3. The van der Waals surface area contributed by atoms with E-state index in [9.17, 15) is 4.79 Å². The first-order valence-corrected chi connectivity index (χ1v) is 13.1. The molecular weight excluding hydrogens is 506 g/mol. The summed E-state index contributed by atoms with van der Waals surface area (Å²) in [7, 11) is 1.97. The number of amides is 1. The van der Waals surface area contributed by atoms with Crippen molar-refractivity contribution in [3.05, 3.63) is 73.5 Å². The van der Waals surface area contributed by atoms with Crippen LogP contribution in [0.4, 0.5) is 17.5 Å². The van der Waals surface area contributed by atoms with Crippen LogP contribution in [0.1, 0.15) is 18.4 Å². The second-order valence-electron chi connectivity index (χ2n) is 9.81. The number of rotatable bonds is 7. The number of ether oxygens (including phenoxy) is 1. The molecule has 1 aliphatic heterocycles. The number of aromatic nitrogens is 6. The zero-order chi connectivity index (χ0) is 27.6. The molecule has 5 aromatic rings. The fraction of sp³-hybridized carbons (Fsp3) is 0.241. The smallest absolute Gasteiger partial charge is 0.243 e. The average molecular weight is 536 g/mol. The maximum atomic E-state index is 11.6. The standard InChI is InChI=1S/C29H29N9O2/c1-4-26(39)34-19-9-11-38(12-10-19)29-30-15-23-27(36-29)28(32-16-31-23)35-20-5-8-25(18(2)13-20)40-21-6-7-24-22(14-21)33-17-37(24)3/h4-8,13-17,19H,1,9-12H2,2-3H3,(H,34,39)(H,31,32,35). The number of nitrogens with zero attached hydrogens (tertiary/aromatic N) is 7. The lowest BCUT2D eigenvalue weighted by Gasteiger charge is -2.32. The number of hydrogen-bond donors (Lipinski definition) is 2. The predicted octanol–water partition coefficient (Wildman–Crippen LogP) is 4.42. The Balaban J connectivity index is 1.18. The summed E-state index contributed by atoms with van der Waals surface area (Å²) in [5.41, 5.74) is 5.04. The van der Waals surface area contributed by atoms with E-state index in [-0.39, 0.29) is 11.9 Å². The summed E-state index contributed by atoms with van der Waals surface area (Å²) in [5, 5.41) is 6.36. The van der Waals surface area contributed by atoms with Crippen LogP contribution in [0.5, 0.6) is 11.5 Å². The van der Waals surface area contributed by atoms with Gasteiger partial charge in [0.05, 0.1) is 23.6 Å². The molecule has 40 heavy (non-hydrogen) atoms. The summed E-state index contributed by atoms with van der Waals surface area (Å²) in [5.74, 6) is 2.55. The van der Waals surface area contributed by atoms with Gasteiger partial charge in [-0.05, 0) is 61.7 Å². The largest absolute Gasteiger partial charge is 0.457 e. The summed E-state index contributed by atoms with van der Waals surface area (Å²) in [6, 6.07) is 11.9. The molecule has 1 amide bonds. The van der Waals surface area contributed by atoms with E-state index in [1.54, 1.807) is 12.5 Å². The van der Waals surface area contributed by atoms with Crippen LogP contribution in [0, 0.1) is 6.92 Å². The van der Waals surface area contributed by atoms with E-state index in [1.807, 2.05) is 54.9 Å². The Morgan fingerprint density at radius 2 is 1.93 bits per heavy atom. The van der Waals surface area contributed by atoms with Crippen LogP contribution in [-0.2, 0) is 11.8 Å². The number of fused-ring (bicyclic) bond motifs is 2. The third kappa shape index (κ3) is 5.13. The molecule has 11 heteroatoms. The van der Waals surface area contributed by atoms with E-state index < -0.39 is 0 Å². The van der Waals surface area contributed by atoms with Crippen molar-refractivity contribution < 1.29 is 9.53 Å². The number of benzene rings is 2. The molecule has 0 spiro atoms. The maximum absolute atomic E-state index is 11.6. The first-order chi connectivity index (χ1) is 19.5. The molecule has 3 aromatic heterocycles. The highest BCUT2D eigenvalue weighted by atomic mass is 16.5. The fourth-order valence-electron chi connectivity index (χ4n) is 4.86. The molecule has 2 N–H and O–H groups in total. The number of nitrogens with one attached hydrogen (secondary N) is 2. The summed E-state index contributed by atoms with van der Waals surface area (Å²) in [6.45, 7) is 6.99. The summed E-state index contributed by atoms with van der Waals surface area (Å²) in [4.78, 5) is 36.3. The Hall–Kier alpha value is -5.06. The Morgan fingerprint density at radius 3 is 2.73 bits per heavy atom. The Bertz CT molecular complexity index is 1720. The second kappa shape index (κ2) is 10.6. The third-order valence-corrected chi connectivity index (χ3v) is 7.04. The van der Waals surface area contributed by atoms with Gasteiger partial charge in [0.15, 0.2) is 5.82 Å². The van der Waals surface area contributed by atoms with Gasteiger partial charge in [0.25, 0.3) is 0 Å². The van der Waals surface area contributed by atoms with Crippen LogP contribution < -0.4 is 20.3 Å². The van der Waals surface area contributed by atoms with Gasteiger partial charge in [0.1, 0.15) is 28.9 Å². The molecule has 6 rings (SSSR count). The molecule has 0 unspecified atom stereocenters. The zero-order valence-electron chi connectivity index (χ0n) is 22.3. The van der Waals surface area contributed by atoms with Crippen LogP contribution in [0.15, 0.2) is 67.9 Å². The van der Waals surface area contributed by atoms with Crippen molar-refractivity contribution in [1.82, 2.24) is 34.8 Å². The molecular formula is C29H29N9O2. The number of piperidine rings is 1. The van der Waals surface area contributed by atoms with Gasteiger partial charge in [0.2, 0.25) is 11.9 Å². The molecule has 2 aromatic carbocycles. The highest BCUT2D eigenvalue weighted by Crippen LogP contribution is 2.31. The van der Waals surface area contributed by atoms with Gasteiger partial charge in [-0.1, -0.05) is 6.58 Å². The van der Waals surface area contributed by atoms with E-state index in [4.69, 9.17) is 9.72 Å². The number of anilines is 3. The number of imidazole rings is 1. The van der Waals surface area contributed by atoms with E-state index in [1.165, 1.54) is 12.4 Å². The van der Waals surface area contributed by atoms with Crippen LogP contribution in [0.25, 0.3) is 22.1 Å². The predicted molar refractivity (Wildman–Crippen MR) is 154 cm³/mol. The summed E-state index contributed by atoms with van der Waals surface area (Å²) >= 11 is 0. The minimum atomic E-state index is -0.144. The lowest BCUT2D eigenvalue weighted by Crippen LogP contribution is -2.44. The van der Waals surface area contributed by atoms with Crippen molar-refractivity contribution >= 4 is 45.4 Å². The quantitative estimate of drug-likeness (QED) is 0.292. The third-order valence-electron chi connectivity index (χ3n) is 7.04. The lowest BCUT2D eigenvalue weighted by molar-refractivity contribution is -0.117. The molecule has 0 saturated carbocycles. The van der Waals surface area contributed by atoms with Crippen molar-refractivity contribution in [2.75, 3.05) is 23.3 Å². The minimum Gasteiger partial charge on any atom is -0.457 e. The van der Waals surface area contributed by atoms with Gasteiger partial charge in [-0.25, -0.2) is 24.9 Å². The molecule has 0 bridgehead atoms.